The summed E-state index contributed by atoms with van der Waals surface area (Å²) in [4.78, 5) is 5.03. The van der Waals surface area contributed by atoms with E-state index >= 15 is 0 Å². The van der Waals surface area contributed by atoms with Crippen molar-refractivity contribution in [2.24, 2.45) is 0 Å². The minimum atomic E-state index is 0.549. The van der Waals surface area contributed by atoms with E-state index in [1.165, 1.54) is 26.2 Å². The Morgan fingerprint density at radius 2 is 1.14 bits per heavy atom. The third-order valence-electron chi connectivity index (χ3n) is 3.19. The Bertz CT molecular complexity index is 174. The highest BCUT2D eigenvalue weighted by Gasteiger charge is 2.30. The van der Waals surface area contributed by atoms with Crippen LogP contribution in [-0.2, 0) is 9.47 Å². The van der Waals surface area contributed by atoms with Gasteiger partial charge in [0, 0.05) is 39.3 Å². The van der Waals surface area contributed by atoms with Gasteiger partial charge in [-0.25, -0.2) is 0 Å². The first kappa shape index (κ1) is 9.09. The van der Waals surface area contributed by atoms with Crippen molar-refractivity contribution in [3.8, 4) is 0 Å². The number of hydrogen-bond donors (Lipinski definition) is 0. The van der Waals surface area contributed by atoms with Crippen LogP contribution in [0.2, 0.25) is 0 Å². The molecule has 14 heavy (non-hydrogen) atoms. The molecule has 3 aliphatic heterocycles. The zero-order valence-electron chi connectivity index (χ0n) is 8.52. The number of epoxide rings is 2. The van der Waals surface area contributed by atoms with Crippen LogP contribution in [0, 0.1) is 0 Å². The van der Waals surface area contributed by atoms with Crippen LogP contribution in [0.5, 0.6) is 0 Å². The molecule has 0 N–H and O–H groups in total. The van der Waals surface area contributed by atoms with E-state index in [4.69, 9.17) is 9.47 Å². The van der Waals surface area contributed by atoms with E-state index in [1.54, 1.807) is 0 Å². The van der Waals surface area contributed by atoms with E-state index in [1.807, 2.05) is 0 Å². The molecule has 0 saturated carbocycles. The molecule has 0 aromatic rings. The quantitative estimate of drug-likeness (QED) is 0.565. The molecule has 2 atom stereocenters. The van der Waals surface area contributed by atoms with Crippen LogP contribution in [0.25, 0.3) is 0 Å². The second kappa shape index (κ2) is 3.77. The third-order valence-corrected chi connectivity index (χ3v) is 3.19. The Morgan fingerprint density at radius 1 is 0.786 bits per heavy atom. The first-order valence-corrected chi connectivity index (χ1v) is 5.58. The first-order valence-electron chi connectivity index (χ1n) is 5.58. The van der Waals surface area contributed by atoms with Gasteiger partial charge in [0.05, 0.1) is 25.4 Å². The highest BCUT2D eigenvalue weighted by Crippen LogP contribution is 2.15. The molecule has 0 aromatic heterocycles. The van der Waals surface area contributed by atoms with Gasteiger partial charge in [-0.15, -0.1) is 0 Å². The summed E-state index contributed by atoms with van der Waals surface area (Å²) in [6.45, 7) is 9.06. The smallest absolute Gasteiger partial charge is 0.0936 e. The van der Waals surface area contributed by atoms with Gasteiger partial charge in [-0.3, -0.25) is 9.80 Å². The molecule has 0 radical (unpaired) electrons. The van der Waals surface area contributed by atoms with E-state index < -0.39 is 0 Å². The minimum Gasteiger partial charge on any atom is -0.372 e. The van der Waals surface area contributed by atoms with E-state index in [2.05, 4.69) is 9.80 Å². The fourth-order valence-electron chi connectivity index (χ4n) is 2.08. The number of hydrogen-bond acceptors (Lipinski definition) is 4. The maximum Gasteiger partial charge on any atom is 0.0936 e. The van der Waals surface area contributed by atoms with Crippen molar-refractivity contribution < 1.29 is 9.47 Å². The molecule has 3 heterocycles. The van der Waals surface area contributed by atoms with Gasteiger partial charge in [0.1, 0.15) is 0 Å². The van der Waals surface area contributed by atoms with Crippen molar-refractivity contribution >= 4 is 0 Å². The fourth-order valence-corrected chi connectivity index (χ4v) is 2.08. The van der Waals surface area contributed by atoms with Crippen molar-refractivity contribution in [3.05, 3.63) is 0 Å². The molecule has 3 rings (SSSR count). The molecule has 0 unspecified atom stereocenters. The summed E-state index contributed by atoms with van der Waals surface area (Å²) in [7, 11) is 0. The van der Waals surface area contributed by atoms with E-state index in [-0.39, 0.29) is 0 Å². The Hall–Kier alpha value is -0.160. The molecular formula is C10H18N2O2. The predicted molar refractivity (Wildman–Crippen MR) is 52.4 cm³/mol. The molecule has 3 aliphatic rings. The summed E-state index contributed by atoms with van der Waals surface area (Å²) in [5.74, 6) is 0. The lowest BCUT2D eigenvalue weighted by molar-refractivity contribution is 0.118. The molecule has 3 saturated heterocycles. The first-order chi connectivity index (χ1) is 6.90. The van der Waals surface area contributed by atoms with Gasteiger partial charge < -0.3 is 9.47 Å². The molecule has 4 nitrogen and oxygen atoms in total. The average Bonchev–Trinajstić information content (AvgIpc) is 3.02. The zero-order chi connectivity index (χ0) is 9.38. The summed E-state index contributed by atoms with van der Waals surface area (Å²) in [5, 5.41) is 0. The summed E-state index contributed by atoms with van der Waals surface area (Å²) < 4.78 is 10.5. The maximum atomic E-state index is 5.24. The van der Waals surface area contributed by atoms with Crippen molar-refractivity contribution in [1.29, 1.82) is 0 Å². The Labute approximate surface area is 84.8 Å². The lowest BCUT2D eigenvalue weighted by Crippen LogP contribution is -2.48. The molecule has 4 heteroatoms. The third kappa shape index (κ3) is 2.45. The van der Waals surface area contributed by atoms with Crippen molar-refractivity contribution in [1.82, 2.24) is 9.80 Å². The largest absolute Gasteiger partial charge is 0.372 e. The lowest BCUT2D eigenvalue weighted by Gasteiger charge is -2.34. The number of rotatable bonds is 4. The molecular weight excluding hydrogens is 180 g/mol. The number of piperazine rings is 1. The second-order valence-corrected chi connectivity index (χ2v) is 4.51. The molecule has 0 amide bonds. The number of nitrogens with zero attached hydrogens (tertiary/aromatic N) is 2. The average molecular weight is 198 g/mol. The van der Waals surface area contributed by atoms with Gasteiger partial charge in [0.2, 0.25) is 0 Å². The summed E-state index contributed by atoms with van der Waals surface area (Å²) in [6, 6.07) is 0. The summed E-state index contributed by atoms with van der Waals surface area (Å²) in [6.07, 6.45) is 1.10. The minimum absolute atomic E-state index is 0.549. The van der Waals surface area contributed by atoms with Crippen LogP contribution in [0.4, 0.5) is 0 Å². The van der Waals surface area contributed by atoms with Crippen molar-refractivity contribution in [3.63, 3.8) is 0 Å². The highest BCUT2D eigenvalue weighted by atomic mass is 16.6. The van der Waals surface area contributed by atoms with Crippen LogP contribution in [0.1, 0.15) is 0 Å². The van der Waals surface area contributed by atoms with Crippen LogP contribution < -0.4 is 0 Å². The van der Waals surface area contributed by atoms with Gasteiger partial charge in [-0.05, 0) is 0 Å². The standard InChI is InChI=1S/C10H18N2O2/c1-2-12(6-10-8-14-10)4-3-11(1)5-9-7-13-9/h9-10H,1-8H2/t9-,10-/m0/s1. The lowest BCUT2D eigenvalue weighted by atomic mass is 10.3. The van der Waals surface area contributed by atoms with Gasteiger partial charge in [-0.2, -0.15) is 0 Å². The van der Waals surface area contributed by atoms with Gasteiger partial charge in [0.15, 0.2) is 0 Å². The normalized spacial score (nSPS) is 38.6. The van der Waals surface area contributed by atoms with Crippen molar-refractivity contribution in [2.45, 2.75) is 12.2 Å². The van der Waals surface area contributed by atoms with Gasteiger partial charge in [0.25, 0.3) is 0 Å². The van der Waals surface area contributed by atoms with E-state index in [9.17, 15) is 0 Å². The summed E-state index contributed by atoms with van der Waals surface area (Å²) >= 11 is 0. The summed E-state index contributed by atoms with van der Waals surface area (Å²) in [5.41, 5.74) is 0. The number of ether oxygens (including phenoxy) is 2. The van der Waals surface area contributed by atoms with Crippen LogP contribution in [0.15, 0.2) is 0 Å². The molecule has 0 spiro atoms. The van der Waals surface area contributed by atoms with Crippen LogP contribution in [0.3, 0.4) is 0 Å². The van der Waals surface area contributed by atoms with E-state index in [0.717, 1.165) is 26.3 Å². The molecule has 80 valence electrons. The SMILES string of the molecule is C1O[C@H]1CN1CCN(C[C@H]2CO2)CC1. The molecule has 0 bridgehead atoms. The Morgan fingerprint density at radius 3 is 1.43 bits per heavy atom. The predicted octanol–water partition coefficient (Wildman–Crippen LogP) is -0.598. The zero-order valence-corrected chi connectivity index (χ0v) is 8.52. The molecule has 0 aliphatic carbocycles. The highest BCUT2D eigenvalue weighted by molar-refractivity contribution is 4.81. The van der Waals surface area contributed by atoms with Gasteiger partial charge >= 0.3 is 0 Å². The van der Waals surface area contributed by atoms with Crippen LogP contribution in [-0.4, -0.2) is 74.5 Å². The van der Waals surface area contributed by atoms with Crippen molar-refractivity contribution in [2.75, 3.05) is 52.5 Å². The molecule has 0 aromatic carbocycles. The monoisotopic (exact) mass is 198 g/mol. The Kier molecular flexibility index (Phi) is 2.45. The second-order valence-electron chi connectivity index (χ2n) is 4.51. The molecule has 3 fully saturated rings. The van der Waals surface area contributed by atoms with Crippen LogP contribution >= 0.6 is 0 Å². The Balaban J connectivity index is 1.37. The van der Waals surface area contributed by atoms with E-state index in [0.29, 0.717) is 12.2 Å². The fraction of sp³-hybridized carbons (Fsp3) is 1.00. The maximum absolute atomic E-state index is 5.24. The van der Waals surface area contributed by atoms with Gasteiger partial charge in [-0.1, -0.05) is 0 Å². The topological polar surface area (TPSA) is 31.5 Å².